The van der Waals surface area contributed by atoms with E-state index in [0.29, 0.717) is 0 Å². The molecule has 1 aromatic carbocycles. The molecule has 0 atom stereocenters. The molecule has 2 N–H and O–H groups in total. The number of anilines is 1. The molecule has 1 amide bonds. The van der Waals surface area contributed by atoms with Crippen LogP contribution < -0.4 is 10.6 Å². The van der Waals surface area contributed by atoms with Crippen molar-refractivity contribution in [1.82, 2.24) is 5.32 Å². The Morgan fingerprint density at radius 3 is 2.11 bits per heavy atom. The molecule has 1 saturated heterocycles. The van der Waals surface area contributed by atoms with Gasteiger partial charge < -0.3 is 10.6 Å². The van der Waals surface area contributed by atoms with Gasteiger partial charge in [-0.25, -0.2) is 0 Å². The Bertz CT molecular complexity index is 473. The van der Waals surface area contributed by atoms with Crippen LogP contribution in [0, 0.1) is 19.8 Å². The third-order valence-corrected chi connectivity index (χ3v) is 3.80. The molecule has 0 bridgehead atoms. The van der Waals surface area contributed by atoms with E-state index in [9.17, 15) is 4.79 Å². The lowest BCUT2D eigenvalue weighted by Gasteiger charge is -2.27. The molecule has 0 spiro atoms. The first-order valence-electron chi connectivity index (χ1n) is 6.92. The van der Waals surface area contributed by atoms with Crippen LogP contribution in [0.2, 0.25) is 0 Å². The van der Waals surface area contributed by atoms with Crippen LogP contribution in [0.25, 0.3) is 0 Å². The third kappa shape index (κ3) is 2.98. The average molecular weight is 260 g/mol. The van der Waals surface area contributed by atoms with E-state index in [1.54, 1.807) is 0 Å². The Hall–Kier alpha value is -1.35. The fourth-order valence-electron chi connectivity index (χ4n) is 2.29. The summed E-state index contributed by atoms with van der Waals surface area (Å²) in [5.41, 5.74) is 4.71. The van der Waals surface area contributed by atoms with Crippen molar-refractivity contribution >= 4 is 11.6 Å². The zero-order chi connectivity index (χ0) is 14.2. The summed E-state index contributed by atoms with van der Waals surface area (Å²) in [4.78, 5) is 12.0. The molecule has 0 aromatic heterocycles. The van der Waals surface area contributed by atoms with Crippen LogP contribution in [-0.4, -0.2) is 19.0 Å². The topological polar surface area (TPSA) is 41.1 Å². The molecule has 1 aliphatic heterocycles. The molecule has 1 aromatic rings. The standard InChI is InChI=1S/C16H24N2O/c1-10-6-13(16(3,4)5)7-11(2)14(10)18-15(19)12-8-17-9-12/h6-7,12,17H,8-9H2,1-5H3,(H,18,19). The van der Waals surface area contributed by atoms with Gasteiger partial charge in [0, 0.05) is 18.8 Å². The maximum atomic E-state index is 12.0. The summed E-state index contributed by atoms with van der Waals surface area (Å²) in [5, 5.41) is 6.21. The monoisotopic (exact) mass is 260 g/mol. The van der Waals surface area contributed by atoms with Gasteiger partial charge in [0.15, 0.2) is 0 Å². The fraction of sp³-hybridized carbons (Fsp3) is 0.562. The molecule has 1 aliphatic rings. The second-order valence-electron chi connectivity index (χ2n) is 6.58. The van der Waals surface area contributed by atoms with Crippen molar-refractivity contribution in [1.29, 1.82) is 0 Å². The van der Waals surface area contributed by atoms with E-state index in [-0.39, 0.29) is 17.2 Å². The van der Waals surface area contributed by atoms with Crippen LogP contribution in [0.4, 0.5) is 5.69 Å². The van der Waals surface area contributed by atoms with Crippen LogP contribution >= 0.6 is 0 Å². The van der Waals surface area contributed by atoms with Crippen molar-refractivity contribution in [2.75, 3.05) is 18.4 Å². The van der Waals surface area contributed by atoms with Gasteiger partial charge >= 0.3 is 0 Å². The summed E-state index contributed by atoms with van der Waals surface area (Å²) in [7, 11) is 0. The first-order chi connectivity index (χ1) is 8.79. The smallest absolute Gasteiger partial charge is 0.230 e. The van der Waals surface area contributed by atoms with Gasteiger partial charge in [0.2, 0.25) is 5.91 Å². The second kappa shape index (κ2) is 4.97. The van der Waals surface area contributed by atoms with E-state index < -0.39 is 0 Å². The van der Waals surface area contributed by atoms with Crippen LogP contribution in [0.15, 0.2) is 12.1 Å². The van der Waals surface area contributed by atoms with Gasteiger partial charge in [0.05, 0.1) is 5.92 Å². The summed E-state index contributed by atoms with van der Waals surface area (Å²) < 4.78 is 0. The summed E-state index contributed by atoms with van der Waals surface area (Å²) >= 11 is 0. The number of amides is 1. The lowest BCUT2D eigenvalue weighted by molar-refractivity contribution is -0.121. The number of carbonyl (C=O) groups excluding carboxylic acids is 1. The molecule has 0 aliphatic carbocycles. The minimum Gasteiger partial charge on any atom is -0.325 e. The number of carbonyl (C=O) groups is 1. The number of nitrogens with one attached hydrogen (secondary N) is 2. The quantitative estimate of drug-likeness (QED) is 0.858. The predicted molar refractivity (Wildman–Crippen MR) is 79.6 cm³/mol. The van der Waals surface area contributed by atoms with Crippen molar-refractivity contribution in [3.05, 3.63) is 28.8 Å². The molecule has 0 radical (unpaired) electrons. The Morgan fingerprint density at radius 1 is 1.21 bits per heavy atom. The largest absolute Gasteiger partial charge is 0.325 e. The van der Waals surface area contributed by atoms with Crippen LogP contribution in [0.5, 0.6) is 0 Å². The molecular weight excluding hydrogens is 236 g/mol. The lowest BCUT2D eigenvalue weighted by atomic mass is 9.84. The maximum absolute atomic E-state index is 12.0. The van der Waals surface area contributed by atoms with Crippen molar-refractivity contribution in [3.63, 3.8) is 0 Å². The average Bonchev–Trinajstić information content (AvgIpc) is 2.19. The normalized spacial score (nSPS) is 16.1. The highest BCUT2D eigenvalue weighted by molar-refractivity contribution is 5.94. The summed E-state index contributed by atoms with van der Waals surface area (Å²) in [6.45, 7) is 12.3. The number of rotatable bonds is 2. The highest BCUT2D eigenvalue weighted by Gasteiger charge is 2.26. The van der Waals surface area contributed by atoms with Crippen molar-refractivity contribution in [3.8, 4) is 0 Å². The third-order valence-electron chi connectivity index (χ3n) is 3.80. The Labute approximate surface area is 115 Å². The number of benzene rings is 1. The molecule has 19 heavy (non-hydrogen) atoms. The molecule has 0 saturated carbocycles. The minimum absolute atomic E-state index is 0.126. The van der Waals surface area contributed by atoms with Gasteiger partial charge in [-0.15, -0.1) is 0 Å². The van der Waals surface area contributed by atoms with Gasteiger partial charge in [-0.05, 0) is 36.0 Å². The summed E-state index contributed by atoms with van der Waals surface area (Å²) in [6, 6.07) is 4.36. The van der Waals surface area contributed by atoms with Gasteiger partial charge in [-0.1, -0.05) is 32.9 Å². The summed E-state index contributed by atoms with van der Waals surface area (Å²) in [6.07, 6.45) is 0. The summed E-state index contributed by atoms with van der Waals surface area (Å²) in [5.74, 6) is 0.259. The second-order valence-corrected chi connectivity index (χ2v) is 6.58. The van der Waals surface area contributed by atoms with Crippen LogP contribution in [-0.2, 0) is 10.2 Å². The van der Waals surface area contributed by atoms with Crippen LogP contribution in [0.1, 0.15) is 37.5 Å². The van der Waals surface area contributed by atoms with E-state index in [2.05, 4.69) is 57.4 Å². The molecule has 3 nitrogen and oxygen atoms in total. The molecule has 104 valence electrons. The molecule has 1 fully saturated rings. The van der Waals surface area contributed by atoms with Crippen molar-refractivity contribution in [2.45, 2.75) is 40.0 Å². The molecular formula is C16H24N2O. The molecule has 3 heteroatoms. The van der Waals surface area contributed by atoms with Crippen LogP contribution in [0.3, 0.4) is 0 Å². The number of aryl methyl sites for hydroxylation is 2. The highest BCUT2D eigenvalue weighted by atomic mass is 16.2. The first-order valence-corrected chi connectivity index (χ1v) is 6.92. The van der Waals surface area contributed by atoms with Crippen molar-refractivity contribution in [2.24, 2.45) is 5.92 Å². The van der Waals surface area contributed by atoms with Gasteiger partial charge in [-0.3, -0.25) is 4.79 Å². The Kier molecular flexibility index (Phi) is 3.68. The highest BCUT2D eigenvalue weighted by Crippen LogP contribution is 2.29. The maximum Gasteiger partial charge on any atom is 0.230 e. The van der Waals surface area contributed by atoms with E-state index in [1.807, 2.05) is 0 Å². The van der Waals surface area contributed by atoms with Crippen molar-refractivity contribution < 1.29 is 4.79 Å². The van der Waals surface area contributed by atoms with E-state index >= 15 is 0 Å². The minimum atomic E-state index is 0.126. The van der Waals surface area contributed by atoms with E-state index in [4.69, 9.17) is 0 Å². The van der Waals surface area contributed by atoms with Gasteiger partial charge in [0.1, 0.15) is 0 Å². The Morgan fingerprint density at radius 2 is 1.74 bits per heavy atom. The zero-order valence-corrected chi connectivity index (χ0v) is 12.6. The fourth-order valence-corrected chi connectivity index (χ4v) is 2.29. The lowest BCUT2D eigenvalue weighted by Crippen LogP contribution is -2.48. The molecule has 0 unspecified atom stereocenters. The molecule has 2 rings (SSSR count). The van der Waals surface area contributed by atoms with E-state index in [1.165, 1.54) is 5.56 Å². The number of hydrogen-bond acceptors (Lipinski definition) is 2. The number of hydrogen-bond donors (Lipinski definition) is 2. The predicted octanol–water partition coefficient (Wildman–Crippen LogP) is 2.76. The molecule has 1 heterocycles. The SMILES string of the molecule is Cc1cc(C(C)(C)C)cc(C)c1NC(=O)C1CNC1. The first kappa shape index (κ1) is 14.1. The Balaban J connectivity index is 2.24. The zero-order valence-electron chi connectivity index (χ0n) is 12.6. The van der Waals surface area contributed by atoms with E-state index in [0.717, 1.165) is 29.9 Å². The van der Waals surface area contributed by atoms with Gasteiger partial charge in [-0.2, -0.15) is 0 Å². The van der Waals surface area contributed by atoms with Gasteiger partial charge in [0.25, 0.3) is 0 Å².